The molecule has 1 aliphatic heterocycles. The van der Waals surface area contributed by atoms with E-state index in [4.69, 9.17) is 9.72 Å². The number of fused-ring (bicyclic) bond motifs is 1. The topological polar surface area (TPSA) is 25.4 Å². The molecular formula is C17H22N2O. The highest BCUT2D eigenvalue weighted by Crippen LogP contribution is 2.28. The lowest BCUT2D eigenvalue weighted by atomic mass is 10.00. The van der Waals surface area contributed by atoms with Crippen molar-refractivity contribution in [3.8, 4) is 5.75 Å². The lowest BCUT2D eigenvalue weighted by molar-refractivity contribution is 0.415. The van der Waals surface area contributed by atoms with Crippen molar-refractivity contribution < 1.29 is 4.74 Å². The van der Waals surface area contributed by atoms with Crippen LogP contribution in [0.1, 0.15) is 25.3 Å². The summed E-state index contributed by atoms with van der Waals surface area (Å²) < 4.78 is 5.30. The molecule has 106 valence electrons. The standard InChI is InChI=1S/C17H22N2O/c1-12-5-4-8-19(11-12)17-9-13(2)15-10-14(20-3)6-7-16(15)18-17/h6-7,9-10,12H,4-5,8,11H2,1-3H3. The van der Waals surface area contributed by atoms with E-state index in [1.807, 2.05) is 6.07 Å². The van der Waals surface area contributed by atoms with Crippen LogP contribution in [-0.4, -0.2) is 25.2 Å². The number of benzene rings is 1. The Hall–Kier alpha value is -1.77. The summed E-state index contributed by atoms with van der Waals surface area (Å²) in [5.41, 5.74) is 2.32. The van der Waals surface area contributed by atoms with E-state index in [1.165, 1.54) is 23.8 Å². The summed E-state index contributed by atoms with van der Waals surface area (Å²) in [6, 6.07) is 8.31. The SMILES string of the molecule is COc1ccc2nc(N3CCCC(C)C3)cc(C)c2c1. The molecule has 0 aliphatic carbocycles. The van der Waals surface area contributed by atoms with Crippen LogP contribution in [0.3, 0.4) is 0 Å². The number of nitrogens with zero attached hydrogens (tertiary/aromatic N) is 2. The van der Waals surface area contributed by atoms with Crippen LogP contribution in [0.2, 0.25) is 0 Å². The Morgan fingerprint density at radius 2 is 2.15 bits per heavy atom. The van der Waals surface area contributed by atoms with Gasteiger partial charge in [0, 0.05) is 18.5 Å². The van der Waals surface area contributed by atoms with Gasteiger partial charge in [-0.1, -0.05) is 6.92 Å². The van der Waals surface area contributed by atoms with Crippen molar-refractivity contribution in [2.24, 2.45) is 5.92 Å². The van der Waals surface area contributed by atoms with Crippen LogP contribution < -0.4 is 9.64 Å². The van der Waals surface area contributed by atoms with Crippen LogP contribution in [0.15, 0.2) is 24.3 Å². The number of aryl methyl sites for hydroxylation is 1. The number of aromatic nitrogens is 1. The van der Waals surface area contributed by atoms with E-state index in [9.17, 15) is 0 Å². The van der Waals surface area contributed by atoms with Crippen LogP contribution in [0.4, 0.5) is 5.82 Å². The second-order valence-electron chi connectivity index (χ2n) is 5.87. The van der Waals surface area contributed by atoms with Gasteiger partial charge in [0.15, 0.2) is 0 Å². The van der Waals surface area contributed by atoms with Crippen molar-refractivity contribution in [3.05, 3.63) is 29.8 Å². The molecule has 1 atom stereocenters. The average Bonchev–Trinajstić information content (AvgIpc) is 2.47. The van der Waals surface area contributed by atoms with Crippen molar-refractivity contribution in [2.75, 3.05) is 25.1 Å². The molecule has 0 N–H and O–H groups in total. The molecule has 1 unspecified atom stereocenters. The lowest BCUT2D eigenvalue weighted by Gasteiger charge is -2.32. The molecule has 3 nitrogen and oxygen atoms in total. The highest BCUT2D eigenvalue weighted by atomic mass is 16.5. The number of ether oxygens (including phenoxy) is 1. The summed E-state index contributed by atoms with van der Waals surface area (Å²) in [4.78, 5) is 7.26. The largest absolute Gasteiger partial charge is 0.497 e. The van der Waals surface area contributed by atoms with Crippen molar-refractivity contribution >= 4 is 16.7 Å². The van der Waals surface area contributed by atoms with Gasteiger partial charge in [0.05, 0.1) is 12.6 Å². The molecule has 0 saturated carbocycles. The van der Waals surface area contributed by atoms with Gasteiger partial charge in [0.1, 0.15) is 11.6 Å². The Morgan fingerprint density at radius 1 is 1.30 bits per heavy atom. The van der Waals surface area contributed by atoms with Crippen molar-refractivity contribution in [2.45, 2.75) is 26.7 Å². The molecule has 2 aromatic rings. The highest BCUT2D eigenvalue weighted by molar-refractivity contribution is 5.85. The fourth-order valence-corrected chi connectivity index (χ4v) is 3.04. The maximum atomic E-state index is 5.30. The summed E-state index contributed by atoms with van der Waals surface area (Å²) >= 11 is 0. The maximum Gasteiger partial charge on any atom is 0.129 e. The first-order valence-electron chi connectivity index (χ1n) is 7.37. The zero-order valence-corrected chi connectivity index (χ0v) is 12.5. The van der Waals surface area contributed by atoms with E-state index in [-0.39, 0.29) is 0 Å². The van der Waals surface area contributed by atoms with Crippen molar-refractivity contribution in [1.29, 1.82) is 0 Å². The van der Waals surface area contributed by atoms with E-state index in [0.717, 1.165) is 36.1 Å². The number of methoxy groups -OCH3 is 1. The fourth-order valence-electron chi connectivity index (χ4n) is 3.04. The van der Waals surface area contributed by atoms with Gasteiger partial charge >= 0.3 is 0 Å². The first kappa shape index (κ1) is 13.2. The van der Waals surface area contributed by atoms with E-state index >= 15 is 0 Å². The first-order chi connectivity index (χ1) is 9.67. The van der Waals surface area contributed by atoms with Crippen LogP contribution in [0.5, 0.6) is 5.75 Å². The summed E-state index contributed by atoms with van der Waals surface area (Å²) in [7, 11) is 1.70. The highest BCUT2D eigenvalue weighted by Gasteiger charge is 2.18. The van der Waals surface area contributed by atoms with Gasteiger partial charge in [-0.2, -0.15) is 0 Å². The van der Waals surface area contributed by atoms with Crippen LogP contribution in [0.25, 0.3) is 10.9 Å². The second kappa shape index (κ2) is 5.31. The molecule has 2 heterocycles. The molecule has 20 heavy (non-hydrogen) atoms. The molecule has 1 aliphatic rings. The third-order valence-corrected chi connectivity index (χ3v) is 4.19. The maximum absolute atomic E-state index is 5.30. The monoisotopic (exact) mass is 270 g/mol. The molecule has 1 fully saturated rings. The molecule has 1 aromatic carbocycles. The van der Waals surface area contributed by atoms with Gasteiger partial charge in [0.2, 0.25) is 0 Å². The molecule has 0 spiro atoms. The van der Waals surface area contributed by atoms with Gasteiger partial charge in [-0.3, -0.25) is 0 Å². The fraction of sp³-hybridized carbons (Fsp3) is 0.471. The van der Waals surface area contributed by atoms with Gasteiger partial charge in [0.25, 0.3) is 0 Å². The minimum Gasteiger partial charge on any atom is -0.497 e. The molecule has 1 saturated heterocycles. The Kier molecular flexibility index (Phi) is 3.51. The van der Waals surface area contributed by atoms with Crippen molar-refractivity contribution in [3.63, 3.8) is 0 Å². The lowest BCUT2D eigenvalue weighted by Crippen LogP contribution is -2.34. The van der Waals surface area contributed by atoms with Gasteiger partial charge in [-0.15, -0.1) is 0 Å². The summed E-state index contributed by atoms with van der Waals surface area (Å²) in [6.07, 6.45) is 2.60. The van der Waals surface area contributed by atoms with E-state index in [1.54, 1.807) is 7.11 Å². The number of rotatable bonds is 2. The minimum atomic E-state index is 0.762. The Labute approximate surface area is 120 Å². The van der Waals surface area contributed by atoms with Crippen molar-refractivity contribution in [1.82, 2.24) is 4.98 Å². The van der Waals surface area contributed by atoms with E-state index in [2.05, 4.69) is 36.9 Å². The van der Waals surface area contributed by atoms with Crippen LogP contribution in [-0.2, 0) is 0 Å². The average molecular weight is 270 g/mol. The number of hydrogen-bond donors (Lipinski definition) is 0. The number of piperidine rings is 1. The second-order valence-corrected chi connectivity index (χ2v) is 5.87. The zero-order chi connectivity index (χ0) is 14.1. The van der Waals surface area contributed by atoms with E-state index in [0.29, 0.717) is 0 Å². The minimum absolute atomic E-state index is 0.762. The smallest absolute Gasteiger partial charge is 0.129 e. The Bertz CT molecular complexity index is 624. The van der Waals surface area contributed by atoms with E-state index < -0.39 is 0 Å². The third kappa shape index (κ3) is 2.45. The van der Waals surface area contributed by atoms with Crippen LogP contribution >= 0.6 is 0 Å². The first-order valence-corrected chi connectivity index (χ1v) is 7.37. The molecule has 0 amide bonds. The summed E-state index contributed by atoms with van der Waals surface area (Å²) in [5, 5.41) is 1.18. The third-order valence-electron chi connectivity index (χ3n) is 4.19. The predicted molar refractivity (Wildman–Crippen MR) is 83.6 cm³/mol. The number of anilines is 1. The quantitative estimate of drug-likeness (QED) is 0.830. The molecule has 0 bridgehead atoms. The summed E-state index contributed by atoms with van der Waals surface area (Å²) in [6.45, 7) is 6.72. The Morgan fingerprint density at radius 3 is 2.90 bits per heavy atom. The van der Waals surface area contributed by atoms with Gasteiger partial charge in [-0.25, -0.2) is 4.98 Å². The van der Waals surface area contributed by atoms with Gasteiger partial charge < -0.3 is 9.64 Å². The molecule has 0 radical (unpaired) electrons. The summed E-state index contributed by atoms with van der Waals surface area (Å²) in [5.74, 6) is 2.77. The molecular weight excluding hydrogens is 248 g/mol. The number of pyridine rings is 1. The molecule has 3 rings (SSSR count). The number of hydrogen-bond acceptors (Lipinski definition) is 3. The van der Waals surface area contributed by atoms with Gasteiger partial charge in [-0.05, 0) is 55.5 Å². The normalized spacial score (nSPS) is 19.4. The Balaban J connectivity index is 2.01. The predicted octanol–water partition coefficient (Wildman–Crippen LogP) is 3.79. The van der Waals surface area contributed by atoms with Crippen LogP contribution in [0, 0.1) is 12.8 Å². The molecule has 3 heteroatoms. The zero-order valence-electron chi connectivity index (χ0n) is 12.5. The molecule has 1 aromatic heterocycles.